The van der Waals surface area contributed by atoms with Gasteiger partial charge in [-0.2, -0.15) is 4.31 Å². The fourth-order valence-corrected chi connectivity index (χ4v) is 4.90. The minimum absolute atomic E-state index is 0.491. The van der Waals surface area contributed by atoms with Gasteiger partial charge in [0.2, 0.25) is 10.0 Å². The van der Waals surface area contributed by atoms with Crippen molar-refractivity contribution in [3.63, 3.8) is 0 Å². The molecule has 0 unspecified atom stereocenters. The summed E-state index contributed by atoms with van der Waals surface area (Å²) in [6.07, 6.45) is 1.96. The molecule has 1 N–H and O–H groups in total. The number of sulfonamides is 1. The molecule has 17 heavy (non-hydrogen) atoms. The van der Waals surface area contributed by atoms with Crippen molar-refractivity contribution >= 4 is 21.4 Å². The molecule has 0 radical (unpaired) electrons. The number of hydrogen-bond donors (Lipinski definition) is 1. The molecule has 1 aliphatic heterocycles. The minimum atomic E-state index is -3.25. The van der Waals surface area contributed by atoms with E-state index < -0.39 is 10.0 Å². The summed E-state index contributed by atoms with van der Waals surface area (Å²) in [6.45, 7) is 4.83. The van der Waals surface area contributed by atoms with Crippen LogP contribution < -0.4 is 5.32 Å². The van der Waals surface area contributed by atoms with Crippen LogP contribution in [-0.2, 0) is 16.6 Å². The third-order valence-electron chi connectivity index (χ3n) is 2.92. The molecule has 0 saturated carbocycles. The molecule has 0 atom stereocenters. The first kappa shape index (κ1) is 13.0. The number of nitrogens with zero attached hydrogens (tertiary/aromatic N) is 1. The molecule has 2 rings (SSSR count). The van der Waals surface area contributed by atoms with E-state index in [9.17, 15) is 8.42 Å². The maximum Gasteiger partial charge on any atom is 0.244 e. The van der Waals surface area contributed by atoms with E-state index in [1.54, 1.807) is 10.4 Å². The quantitative estimate of drug-likeness (QED) is 0.888. The first-order chi connectivity index (χ1) is 8.16. The molecule has 96 valence electrons. The summed E-state index contributed by atoms with van der Waals surface area (Å²) in [7, 11) is -3.25. The second kappa shape index (κ2) is 5.48. The van der Waals surface area contributed by atoms with Crippen LogP contribution in [0.25, 0.3) is 0 Å². The highest BCUT2D eigenvalue weighted by Gasteiger charge is 2.29. The molecular weight excluding hydrogens is 256 g/mol. The molecule has 0 aliphatic carbocycles. The lowest BCUT2D eigenvalue weighted by Gasteiger charge is -2.15. The second-order valence-corrected chi connectivity index (χ2v) is 7.01. The van der Waals surface area contributed by atoms with Gasteiger partial charge in [-0.1, -0.05) is 6.92 Å². The fourth-order valence-electron chi connectivity index (χ4n) is 1.99. The monoisotopic (exact) mass is 274 g/mol. The number of rotatable bonds is 5. The third-order valence-corrected chi connectivity index (χ3v) is 5.96. The Morgan fingerprint density at radius 3 is 2.76 bits per heavy atom. The molecule has 0 spiro atoms. The predicted octanol–water partition coefficient (Wildman–Crippen LogP) is 1.64. The van der Waals surface area contributed by atoms with E-state index in [4.69, 9.17) is 0 Å². The summed E-state index contributed by atoms with van der Waals surface area (Å²) in [5.74, 6) is 0. The number of thiophene rings is 1. The molecule has 6 heteroatoms. The van der Waals surface area contributed by atoms with E-state index in [2.05, 4.69) is 5.32 Å². The lowest BCUT2D eigenvalue weighted by atomic mass is 10.4. The van der Waals surface area contributed by atoms with Crippen molar-refractivity contribution in [3.05, 3.63) is 16.3 Å². The smallest absolute Gasteiger partial charge is 0.244 e. The van der Waals surface area contributed by atoms with Crippen LogP contribution in [0.1, 0.15) is 24.6 Å². The molecule has 1 aromatic rings. The van der Waals surface area contributed by atoms with Crippen LogP contribution >= 0.6 is 11.3 Å². The van der Waals surface area contributed by atoms with E-state index in [0.717, 1.165) is 24.3 Å². The van der Waals surface area contributed by atoms with Crippen molar-refractivity contribution in [1.82, 2.24) is 9.62 Å². The Morgan fingerprint density at radius 2 is 2.12 bits per heavy atom. The normalized spacial score (nSPS) is 17.7. The van der Waals surface area contributed by atoms with Gasteiger partial charge < -0.3 is 5.32 Å². The van der Waals surface area contributed by atoms with Gasteiger partial charge in [-0.15, -0.1) is 11.3 Å². The van der Waals surface area contributed by atoms with Gasteiger partial charge in [0.15, 0.2) is 0 Å². The SMILES string of the molecule is CCNCc1sccc1S(=O)(=O)N1CCCC1. The first-order valence-electron chi connectivity index (χ1n) is 5.93. The topological polar surface area (TPSA) is 49.4 Å². The van der Waals surface area contributed by atoms with E-state index >= 15 is 0 Å². The van der Waals surface area contributed by atoms with Crippen LogP contribution in [0.5, 0.6) is 0 Å². The standard InChI is InChI=1S/C11H18N2O2S2/c1-2-12-9-10-11(5-8-16-10)17(14,15)13-6-3-4-7-13/h5,8,12H,2-4,6-7,9H2,1H3. The molecule has 1 aromatic heterocycles. The van der Waals surface area contributed by atoms with Gasteiger partial charge in [0.1, 0.15) is 0 Å². The van der Waals surface area contributed by atoms with Crippen LogP contribution in [0.15, 0.2) is 16.3 Å². The molecule has 0 amide bonds. The van der Waals surface area contributed by atoms with Crippen LogP contribution in [0.2, 0.25) is 0 Å². The summed E-state index contributed by atoms with van der Waals surface area (Å²) in [4.78, 5) is 1.41. The Hall–Kier alpha value is -0.430. The molecule has 2 heterocycles. The van der Waals surface area contributed by atoms with Crippen LogP contribution in [0.4, 0.5) is 0 Å². The average Bonchev–Trinajstić information content (AvgIpc) is 2.97. The second-order valence-electron chi connectivity index (χ2n) is 4.10. The maximum atomic E-state index is 12.4. The Labute approximate surface area is 107 Å². The Balaban J connectivity index is 2.23. The zero-order chi connectivity index (χ0) is 12.3. The molecular formula is C11H18N2O2S2. The van der Waals surface area contributed by atoms with Crippen LogP contribution in [0.3, 0.4) is 0 Å². The third kappa shape index (κ3) is 2.70. The summed E-state index contributed by atoms with van der Waals surface area (Å²) >= 11 is 1.51. The van der Waals surface area contributed by atoms with Gasteiger partial charge in [-0.25, -0.2) is 8.42 Å². The molecule has 1 aliphatic rings. The Bertz CT molecular complexity index is 462. The average molecular weight is 274 g/mol. The Morgan fingerprint density at radius 1 is 1.41 bits per heavy atom. The summed E-state index contributed by atoms with van der Waals surface area (Å²) in [5, 5.41) is 5.04. The van der Waals surface area contributed by atoms with Gasteiger partial charge >= 0.3 is 0 Å². The van der Waals surface area contributed by atoms with Gasteiger partial charge in [0, 0.05) is 24.5 Å². The highest BCUT2D eigenvalue weighted by molar-refractivity contribution is 7.89. The molecule has 1 fully saturated rings. The van der Waals surface area contributed by atoms with Gasteiger partial charge in [-0.3, -0.25) is 0 Å². The van der Waals surface area contributed by atoms with E-state index in [1.165, 1.54) is 11.3 Å². The summed E-state index contributed by atoms with van der Waals surface area (Å²) in [5.41, 5.74) is 0. The predicted molar refractivity (Wildman–Crippen MR) is 69.7 cm³/mol. The van der Waals surface area contributed by atoms with Crippen molar-refractivity contribution < 1.29 is 8.42 Å². The molecule has 1 saturated heterocycles. The van der Waals surface area contributed by atoms with Crippen molar-refractivity contribution in [2.24, 2.45) is 0 Å². The maximum absolute atomic E-state index is 12.4. The van der Waals surface area contributed by atoms with Gasteiger partial charge in [-0.05, 0) is 30.8 Å². The largest absolute Gasteiger partial charge is 0.312 e. The Kier molecular flexibility index (Phi) is 4.19. The van der Waals surface area contributed by atoms with Crippen LogP contribution in [-0.4, -0.2) is 32.4 Å². The summed E-state index contributed by atoms with van der Waals surface area (Å²) in [6, 6.07) is 1.73. The van der Waals surface area contributed by atoms with Crippen molar-refractivity contribution in [3.8, 4) is 0 Å². The zero-order valence-corrected chi connectivity index (χ0v) is 11.6. The van der Waals surface area contributed by atoms with Crippen molar-refractivity contribution in [2.75, 3.05) is 19.6 Å². The van der Waals surface area contributed by atoms with Crippen molar-refractivity contribution in [1.29, 1.82) is 0 Å². The van der Waals surface area contributed by atoms with Crippen LogP contribution in [0, 0.1) is 0 Å². The minimum Gasteiger partial charge on any atom is -0.312 e. The highest BCUT2D eigenvalue weighted by Crippen LogP contribution is 2.27. The van der Waals surface area contributed by atoms with Gasteiger partial charge in [0.25, 0.3) is 0 Å². The highest BCUT2D eigenvalue weighted by atomic mass is 32.2. The fraction of sp³-hybridized carbons (Fsp3) is 0.636. The number of nitrogens with one attached hydrogen (secondary N) is 1. The molecule has 0 aromatic carbocycles. The van der Waals surface area contributed by atoms with E-state index in [1.807, 2.05) is 12.3 Å². The van der Waals surface area contributed by atoms with E-state index in [0.29, 0.717) is 24.5 Å². The molecule has 4 nitrogen and oxygen atoms in total. The zero-order valence-electron chi connectivity index (χ0n) is 9.98. The lowest BCUT2D eigenvalue weighted by Crippen LogP contribution is -2.28. The lowest BCUT2D eigenvalue weighted by molar-refractivity contribution is 0.476. The van der Waals surface area contributed by atoms with Crippen molar-refractivity contribution in [2.45, 2.75) is 31.2 Å². The summed E-state index contributed by atoms with van der Waals surface area (Å²) < 4.78 is 26.4. The van der Waals surface area contributed by atoms with E-state index in [-0.39, 0.29) is 0 Å². The first-order valence-corrected chi connectivity index (χ1v) is 8.25. The number of hydrogen-bond acceptors (Lipinski definition) is 4. The molecule has 0 bridgehead atoms. The van der Waals surface area contributed by atoms with Gasteiger partial charge in [0.05, 0.1) is 4.90 Å².